The van der Waals surface area contributed by atoms with Crippen LogP contribution in [0.5, 0.6) is 6.01 Å². The summed E-state index contributed by atoms with van der Waals surface area (Å²) in [5.41, 5.74) is 6.58. The minimum Gasteiger partial charge on any atom is -0.491 e. The molecule has 0 saturated carbocycles. The minimum atomic E-state index is -0.548. The van der Waals surface area contributed by atoms with E-state index >= 15 is 0 Å². The topological polar surface area (TPSA) is 117 Å². The number of allylic oxidation sites excluding steroid dienone is 2. The molecule has 0 unspecified atom stereocenters. The second-order valence-corrected chi connectivity index (χ2v) is 4.66. The maximum Gasteiger partial charge on any atom is 0.316 e. The Bertz CT molecular complexity index is 843. The maximum atomic E-state index is 12.3. The van der Waals surface area contributed by atoms with Gasteiger partial charge in [-0.25, -0.2) is 15.0 Å². The molecule has 0 atom stereocenters. The number of fused-ring (bicyclic) bond motifs is 1. The lowest BCUT2D eigenvalue weighted by Gasteiger charge is -2.17. The van der Waals surface area contributed by atoms with Crippen LogP contribution >= 0.6 is 0 Å². The van der Waals surface area contributed by atoms with E-state index in [1.54, 1.807) is 6.07 Å². The molecule has 8 heteroatoms. The minimum absolute atomic E-state index is 0.0124. The summed E-state index contributed by atoms with van der Waals surface area (Å²) < 4.78 is 9.79. The summed E-state index contributed by atoms with van der Waals surface area (Å²) in [4.78, 5) is 36.7. The second kappa shape index (κ2) is 5.48. The van der Waals surface area contributed by atoms with Gasteiger partial charge in [-0.05, 0) is 12.1 Å². The number of ether oxygens (including phenoxy) is 2. The van der Waals surface area contributed by atoms with Crippen molar-refractivity contribution in [1.82, 2.24) is 15.0 Å². The number of methoxy groups -OCH3 is 2. The largest absolute Gasteiger partial charge is 0.491 e. The number of hydrogen-bond acceptors (Lipinski definition) is 8. The molecule has 0 fully saturated rings. The van der Waals surface area contributed by atoms with Gasteiger partial charge in [0.1, 0.15) is 11.4 Å². The van der Waals surface area contributed by atoms with E-state index in [4.69, 9.17) is 15.2 Å². The number of hydrogen-bond donors (Lipinski definition) is 1. The van der Waals surface area contributed by atoms with Gasteiger partial charge < -0.3 is 15.2 Å². The Kier molecular flexibility index (Phi) is 3.49. The van der Waals surface area contributed by atoms with Crippen LogP contribution in [-0.4, -0.2) is 40.7 Å². The number of nitrogens with zero attached hydrogens (tertiary/aromatic N) is 3. The molecule has 0 aromatic carbocycles. The van der Waals surface area contributed by atoms with Crippen LogP contribution in [0.1, 0.15) is 20.8 Å². The van der Waals surface area contributed by atoms with Gasteiger partial charge in [0.2, 0.25) is 11.6 Å². The lowest BCUT2D eigenvalue weighted by Crippen LogP contribution is -2.28. The van der Waals surface area contributed by atoms with Gasteiger partial charge in [-0.15, -0.1) is 0 Å². The molecule has 3 rings (SSSR count). The van der Waals surface area contributed by atoms with Crippen LogP contribution in [0.4, 0.5) is 0 Å². The van der Waals surface area contributed by atoms with E-state index < -0.39 is 11.6 Å². The quantitative estimate of drug-likeness (QED) is 0.882. The van der Waals surface area contributed by atoms with Crippen molar-refractivity contribution in [1.29, 1.82) is 0 Å². The van der Waals surface area contributed by atoms with Crippen molar-refractivity contribution in [2.45, 2.75) is 0 Å². The van der Waals surface area contributed by atoms with Crippen molar-refractivity contribution < 1.29 is 19.1 Å². The highest BCUT2D eigenvalue weighted by Crippen LogP contribution is 2.26. The van der Waals surface area contributed by atoms with Crippen LogP contribution in [-0.2, 0) is 4.74 Å². The smallest absolute Gasteiger partial charge is 0.316 e. The van der Waals surface area contributed by atoms with Crippen molar-refractivity contribution in [3.8, 4) is 17.3 Å². The summed E-state index contributed by atoms with van der Waals surface area (Å²) in [6.45, 7) is 0. The molecule has 0 amide bonds. The third-order valence-corrected chi connectivity index (χ3v) is 3.36. The van der Waals surface area contributed by atoms with Crippen molar-refractivity contribution in [3.63, 3.8) is 0 Å². The van der Waals surface area contributed by atoms with E-state index in [1.807, 2.05) is 0 Å². The predicted octanol–water partition coefficient (Wildman–Crippen LogP) is 0.743. The lowest BCUT2D eigenvalue weighted by atomic mass is 9.95. The Hall–Kier alpha value is -3.29. The molecule has 1 aliphatic carbocycles. The van der Waals surface area contributed by atoms with Gasteiger partial charge >= 0.3 is 6.01 Å². The Labute approximate surface area is 131 Å². The highest BCUT2D eigenvalue weighted by molar-refractivity contribution is 6.25. The number of ketones is 2. The summed E-state index contributed by atoms with van der Waals surface area (Å²) in [7, 11) is 2.74. The fourth-order valence-corrected chi connectivity index (χ4v) is 2.21. The first-order valence-electron chi connectivity index (χ1n) is 6.57. The average molecular weight is 312 g/mol. The molecular formula is C15H12N4O4. The first-order valence-corrected chi connectivity index (χ1v) is 6.57. The molecule has 0 saturated heterocycles. The number of carbonyl (C=O) groups is 2. The van der Waals surface area contributed by atoms with Crippen LogP contribution in [0.3, 0.4) is 0 Å². The molecule has 0 spiro atoms. The molecule has 0 aliphatic heterocycles. The molecule has 8 nitrogen and oxygen atoms in total. The zero-order valence-corrected chi connectivity index (χ0v) is 12.4. The SMILES string of the molecule is COC1=C(N)C(=O)c2nc(-c3cnc(OC)nc3)ccc2C1=O. The third kappa shape index (κ3) is 2.30. The molecule has 0 bridgehead atoms. The van der Waals surface area contributed by atoms with Crippen LogP contribution < -0.4 is 10.5 Å². The zero-order chi connectivity index (χ0) is 16.6. The fourth-order valence-electron chi connectivity index (χ4n) is 2.21. The van der Waals surface area contributed by atoms with Gasteiger partial charge in [0, 0.05) is 18.0 Å². The Balaban J connectivity index is 2.08. The fraction of sp³-hybridized carbons (Fsp3) is 0.133. The first-order chi connectivity index (χ1) is 11.1. The van der Waals surface area contributed by atoms with E-state index in [2.05, 4.69) is 15.0 Å². The van der Waals surface area contributed by atoms with Gasteiger partial charge in [0.25, 0.3) is 0 Å². The summed E-state index contributed by atoms with van der Waals surface area (Å²) in [5, 5.41) is 0. The summed E-state index contributed by atoms with van der Waals surface area (Å²) in [6, 6.07) is 3.33. The Morgan fingerprint density at radius 3 is 2.30 bits per heavy atom. The number of aromatic nitrogens is 3. The van der Waals surface area contributed by atoms with Crippen molar-refractivity contribution >= 4 is 11.6 Å². The van der Waals surface area contributed by atoms with Crippen molar-refractivity contribution in [2.24, 2.45) is 5.73 Å². The normalized spacial score (nSPS) is 13.8. The molecule has 1 aliphatic rings. The van der Waals surface area contributed by atoms with Gasteiger partial charge in [-0.3, -0.25) is 9.59 Å². The van der Waals surface area contributed by atoms with Gasteiger partial charge in [0.15, 0.2) is 5.76 Å². The van der Waals surface area contributed by atoms with E-state index in [9.17, 15) is 9.59 Å². The van der Waals surface area contributed by atoms with Crippen LogP contribution in [0.25, 0.3) is 11.3 Å². The van der Waals surface area contributed by atoms with Gasteiger partial charge in [0.05, 0.1) is 25.5 Å². The monoisotopic (exact) mass is 312 g/mol. The van der Waals surface area contributed by atoms with Crippen LogP contribution in [0.15, 0.2) is 36.0 Å². The highest BCUT2D eigenvalue weighted by atomic mass is 16.5. The number of pyridine rings is 1. The number of carbonyl (C=O) groups excluding carboxylic acids is 2. The third-order valence-electron chi connectivity index (χ3n) is 3.36. The maximum absolute atomic E-state index is 12.3. The molecule has 2 aromatic heterocycles. The van der Waals surface area contributed by atoms with Crippen LogP contribution in [0, 0.1) is 0 Å². The molecular weight excluding hydrogens is 300 g/mol. The number of Topliss-reactive ketones (excluding diaryl/α,β-unsaturated/α-hetero) is 2. The van der Waals surface area contributed by atoms with E-state index in [0.29, 0.717) is 11.3 Å². The second-order valence-electron chi connectivity index (χ2n) is 4.66. The van der Waals surface area contributed by atoms with Gasteiger partial charge in [-0.2, -0.15) is 0 Å². The Morgan fingerprint density at radius 1 is 1.00 bits per heavy atom. The molecule has 2 aromatic rings. The van der Waals surface area contributed by atoms with E-state index in [1.165, 1.54) is 32.7 Å². The average Bonchev–Trinajstić information content (AvgIpc) is 2.60. The van der Waals surface area contributed by atoms with Crippen molar-refractivity contribution in [2.75, 3.05) is 14.2 Å². The summed E-state index contributed by atoms with van der Waals surface area (Å²) in [5.74, 6) is -1.18. The molecule has 23 heavy (non-hydrogen) atoms. The Morgan fingerprint density at radius 2 is 1.70 bits per heavy atom. The summed E-state index contributed by atoms with van der Waals surface area (Å²) in [6.07, 6.45) is 3.02. The predicted molar refractivity (Wildman–Crippen MR) is 78.7 cm³/mol. The number of rotatable bonds is 3. The molecule has 2 heterocycles. The molecule has 0 radical (unpaired) electrons. The van der Waals surface area contributed by atoms with Crippen molar-refractivity contribution in [3.05, 3.63) is 47.2 Å². The first kappa shape index (κ1) is 14.6. The zero-order valence-electron chi connectivity index (χ0n) is 12.4. The van der Waals surface area contributed by atoms with E-state index in [-0.39, 0.29) is 28.7 Å². The molecule has 116 valence electrons. The highest BCUT2D eigenvalue weighted by Gasteiger charge is 2.33. The van der Waals surface area contributed by atoms with Gasteiger partial charge in [-0.1, -0.05) is 0 Å². The van der Waals surface area contributed by atoms with Crippen LogP contribution in [0.2, 0.25) is 0 Å². The molecule has 2 N–H and O–H groups in total. The standard InChI is InChI=1S/C15H12N4O4/c1-22-14-10(16)13(21)11-8(12(14)20)3-4-9(19-11)7-5-17-15(23-2)18-6-7/h3-6H,16H2,1-2H3. The number of nitrogens with two attached hydrogens (primary N) is 1. The lowest BCUT2D eigenvalue weighted by molar-refractivity contribution is 0.0902. The van der Waals surface area contributed by atoms with E-state index in [0.717, 1.165) is 0 Å². The summed E-state index contributed by atoms with van der Waals surface area (Å²) >= 11 is 0.